The number of hydrogen-bond donors (Lipinski definition) is 2. The molecule has 0 radical (unpaired) electrons. The van der Waals surface area contributed by atoms with Crippen LogP contribution in [0.4, 0.5) is 0 Å². The zero-order valence-corrected chi connectivity index (χ0v) is 10.5. The molecule has 0 spiro atoms. The van der Waals surface area contributed by atoms with Crippen LogP contribution in [0, 0.1) is 11.8 Å². The van der Waals surface area contributed by atoms with Gasteiger partial charge in [0.05, 0.1) is 17.9 Å². The molecule has 2 aliphatic rings. The van der Waals surface area contributed by atoms with Crippen molar-refractivity contribution in [1.29, 1.82) is 0 Å². The lowest BCUT2D eigenvalue weighted by molar-refractivity contribution is -0.00926. The third-order valence-corrected chi connectivity index (χ3v) is 5.05. The third kappa shape index (κ3) is 2.25. The van der Waals surface area contributed by atoms with Crippen LogP contribution < -0.4 is 10.5 Å². The van der Waals surface area contributed by atoms with E-state index in [9.17, 15) is 8.42 Å². The van der Waals surface area contributed by atoms with Crippen LogP contribution in [0.2, 0.25) is 0 Å². The molecule has 2 fully saturated rings. The molecule has 1 heterocycles. The van der Waals surface area contributed by atoms with Crippen LogP contribution >= 0.6 is 0 Å². The Morgan fingerprint density at radius 1 is 1.50 bits per heavy atom. The van der Waals surface area contributed by atoms with Gasteiger partial charge in [-0.25, -0.2) is 13.1 Å². The van der Waals surface area contributed by atoms with Crippen LogP contribution in [0.1, 0.15) is 20.3 Å². The zero-order valence-electron chi connectivity index (χ0n) is 9.72. The van der Waals surface area contributed by atoms with Crippen molar-refractivity contribution in [3.63, 3.8) is 0 Å². The maximum absolute atomic E-state index is 11.8. The van der Waals surface area contributed by atoms with Crippen molar-refractivity contribution in [3.05, 3.63) is 0 Å². The van der Waals surface area contributed by atoms with Crippen molar-refractivity contribution >= 4 is 10.0 Å². The topological polar surface area (TPSA) is 81.4 Å². The Kier molecular flexibility index (Phi) is 3.27. The molecule has 1 saturated carbocycles. The van der Waals surface area contributed by atoms with E-state index < -0.39 is 10.0 Å². The van der Waals surface area contributed by atoms with Gasteiger partial charge in [0, 0.05) is 18.6 Å². The smallest absolute Gasteiger partial charge is 0.212 e. The quantitative estimate of drug-likeness (QED) is 0.714. The van der Waals surface area contributed by atoms with Gasteiger partial charge in [-0.3, -0.25) is 0 Å². The molecule has 6 heteroatoms. The Morgan fingerprint density at radius 2 is 2.19 bits per heavy atom. The van der Waals surface area contributed by atoms with E-state index in [0.717, 1.165) is 6.42 Å². The average molecular weight is 248 g/mol. The number of sulfonamides is 1. The summed E-state index contributed by atoms with van der Waals surface area (Å²) in [5.74, 6) is 0.606. The Labute approximate surface area is 96.8 Å². The van der Waals surface area contributed by atoms with Crippen molar-refractivity contribution in [2.24, 2.45) is 17.6 Å². The normalized spacial score (nSPS) is 38.5. The highest BCUT2D eigenvalue weighted by molar-refractivity contribution is 7.89. The molecule has 0 aromatic carbocycles. The van der Waals surface area contributed by atoms with E-state index >= 15 is 0 Å². The van der Waals surface area contributed by atoms with Crippen molar-refractivity contribution in [2.75, 3.05) is 12.4 Å². The summed E-state index contributed by atoms with van der Waals surface area (Å²) in [7, 11) is -3.22. The minimum atomic E-state index is -3.22. The highest BCUT2D eigenvalue weighted by Crippen LogP contribution is 2.38. The van der Waals surface area contributed by atoms with Crippen LogP contribution in [-0.4, -0.2) is 39.0 Å². The molecule has 1 aliphatic heterocycles. The first-order valence-corrected chi connectivity index (χ1v) is 7.43. The lowest BCUT2D eigenvalue weighted by atomic mass is 9.73. The van der Waals surface area contributed by atoms with Gasteiger partial charge in [0.2, 0.25) is 10.0 Å². The van der Waals surface area contributed by atoms with Gasteiger partial charge in [-0.05, 0) is 12.3 Å². The predicted octanol–water partition coefficient (Wildman–Crippen LogP) is -0.324. The van der Waals surface area contributed by atoms with Crippen molar-refractivity contribution in [2.45, 2.75) is 38.5 Å². The average Bonchev–Trinajstić information content (AvgIpc) is 2.56. The zero-order chi connectivity index (χ0) is 11.9. The third-order valence-electron chi connectivity index (χ3n) is 3.31. The highest BCUT2D eigenvalue weighted by atomic mass is 32.2. The fourth-order valence-corrected chi connectivity index (χ4v) is 4.27. The van der Waals surface area contributed by atoms with Gasteiger partial charge >= 0.3 is 0 Å². The summed E-state index contributed by atoms with van der Waals surface area (Å²) in [6, 6.07) is -0.314. The number of nitrogens with one attached hydrogen (secondary N) is 1. The van der Waals surface area contributed by atoms with E-state index in [2.05, 4.69) is 4.72 Å². The summed E-state index contributed by atoms with van der Waals surface area (Å²) in [6.07, 6.45) is 0.950. The van der Waals surface area contributed by atoms with E-state index in [1.165, 1.54) is 0 Å². The molecule has 3 N–H and O–H groups in total. The van der Waals surface area contributed by atoms with Gasteiger partial charge in [-0.15, -0.1) is 0 Å². The van der Waals surface area contributed by atoms with Gasteiger partial charge in [-0.2, -0.15) is 0 Å². The molecule has 16 heavy (non-hydrogen) atoms. The van der Waals surface area contributed by atoms with E-state index in [-0.39, 0.29) is 29.9 Å². The summed E-state index contributed by atoms with van der Waals surface area (Å²) in [4.78, 5) is 0. The Morgan fingerprint density at radius 3 is 2.81 bits per heavy atom. The molecule has 94 valence electrons. The molecular weight excluding hydrogens is 228 g/mol. The van der Waals surface area contributed by atoms with Gasteiger partial charge in [0.1, 0.15) is 0 Å². The minimum Gasteiger partial charge on any atom is -0.376 e. The molecule has 4 unspecified atom stereocenters. The number of ether oxygens (including phenoxy) is 1. The SMILES string of the molecule is CC(C)CS(=O)(=O)NC1C(N)C2CCOC21. The summed E-state index contributed by atoms with van der Waals surface area (Å²) < 4.78 is 31.7. The fraction of sp³-hybridized carbons (Fsp3) is 1.00. The lowest BCUT2D eigenvalue weighted by Gasteiger charge is -2.45. The summed E-state index contributed by atoms with van der Waals surface area (Å²) in [5, 5.41) is 0. The van der Waals surface area contributed by atoms with Gasteiger partial charge in [-0.1, -0.05) is 13.8 Å². The number of rotatable bonds is 4. The second-order valence-corrected chi connectivity index (χ2v) is 6.98. The molecule has 4 atom stereocenters. The molecule has 0 aromatic heterocycles. The maximum Gasteiger partial charge on any atom is 0.212 e. The van der Waals surface area contributed by atoms with Gasteiger partial charge in [0.15, 0.2) is 0 Å². The Hall–Kier alpha value is -0.170. The number of hydrogen-bond acceptors (Lipinski definition) is 4. The first kappa shape index (κ1) is 12.3. The van der Waals surface area contributed by atoms with Crippen LogP contribution in [0.3, 0.4) is 0 Å². The first-order chi connectivity index (χ1) is 7.41. The molecule has 2 rings (SSSR count). The monoisotopic (exact) mass is 248 g/mol. The standard InChI is InChI=1S/C10H20N2O3S/c1-6(2)5-16(13,14)12-9-8(11)7-3-4-15-10(7)9/h6-10,12H,3-5,11H2,1-2H3. The summed E-state index contributed by atoms with van der Waals surface area (Å²) >= 11 is 0. The fourth-order valence-electron chi connectivity index (χ4n) is 2.59. The molecule has 1 aliphatic carbocycles. The van der Waals surface area contributed by atoms with E-state index in [0.29, 0.717) is 12.5 Å². The molecule has 0 amide bonds. The molecule has 0 aromatic rings. The van der Waals surface area contributed by atoms with Crippen LogP contribution in [0.5, 0.6) is 0 Å². The van der Waals surface area contributed by atoms with E-state index in [1.807, 2.05) is 13.8 Å². The molecule has 1 saturated heterocycles. The van der Waals surface area contributed by atoms with Gasteiger partial charge < -0.3 is 10.5 Å². The molecule has 5 nitrogen and oxygen atoms in total. The van der Waals surface area contributed by atoms with Gasteiger partial charge in [0.25, 0.3) is 0 Å². The summed E-state index contributed by atoms with van der Waals surface area (Å²) in [6.45, 7) is 4.47. The second kappa shape index (κ2) is 4.25. The number of nitrogens with two attached hydrogens (primary N) is 1. The van der Waals surface area contributed by atoms with E-state index in [4.69, 9.17) is 10.5 Å². The van der Waals surface area contributed by atoms with Crippen LogP contribution in [-0.2, 0) is 14.8 Å². The van der Waals surface area contributed by atoms with Crippen LogP contribution in [0.25, 0.3) is 0 Å². The largest absolute Gasteiger partial charge is 0.376 e. The lowest BCUT2D eigenvalue weighted by Crippen LogP contribution is -2.69. The van der Waals surface area contributed by atoms with Crippen molar-refractivity contribution in [3.8, 4) is 0 Å². The van der Waals surface area contributed by atoms with Crippen LogP contribution in [0.15, 0.2) is 0 Å². The predicted molar refractivity (Wildman–Crippen MR) is 61.4 cm³/mol. The summed E-state index contributed by atoms with van der Waals surface area (Å²) in [5.41, 5.74) is 5.94. The van der Waals surface area contributed by atoms with Crippen molar-refractivity contribution in [1.82, 2.24) is 4.72 Å². The Bertz CT molecular complexity index is 355. The molecular formula is C10H20N2O3S. The number of fused-ring (bicyclic) bond motifs is 1. The first-order valence-electron chi connectivity index (χ1n) is 5.78. The van der Waals surface area contributed by atoms with E-state index in [1.54, 1.807) is 0 Å². The second-order valence-electron chi connectivity index (χ2n) is 5.18. The molecule has 0 bridgehead atoms. The minimum absolute atomic E-state index is 0.00284. The van der Waals surface area contributed by atoms with Crippen molar-refractivity contribution < 1.29 is 13.2 Å². The Balaban J connectivity index is 1.95. The highest BCUT2D eigenvalue weighted by Gasteiger charge is 2.53. The maximum atomic E-state index is 11.8.